The van der Waals surface area contributed by atoms with E-state index in [-0.39, 0.29) is 10.8 Å². The fraction of sp³-hybridized carbons (Fsp3) is 0.0769. The molecule has 0 aliphatic rings. The topological polar surface area (TPSA) is 9.23 Å². The molecule has 0 amide bonds. The highest BCUT2D eigenvalue weighted by molar-refractivity contribution is 6.35. The van der Waals surface area contributed by atoms with Crippen molar-refractivity contribution in [3.8, 4) is 16.9 Å². The van der Waals surface area contributed by atoms with Crippen molar-refractivity contribution in [2.75, 3.05) is 0 Å². The van der Waals surface area contributed by atoms with Crippen molar-refractivity contribution in [1.29, 1.82) is 0 Å². The molecule has 2 aromatic rings. The van der Waals surface area contributed by atoms with Crippen molar-refractivity contribution < 1.29 is 13.5 Å². The van der Waals surface area contributed by atoms with Gasteiger partial charge in [0.25, 0.3) is 0 Å². The lowest BCUT2D eigenvalue weighted by atomic mass is 10.0. The number of hydrogen-bond donors (Lipinski definition) is 0. The Morgan fingerprint density at radius 2 is 1.58 bits per heavy atom. The van der Waals surface area contributed by atoms with Crippen LogP contribution in [0.1, 0.15) is 0 Å². The Morgan fingerprint density at radius 1 is 0.947 bits per heavy atom. The summed E-state index contributed by atoms with van der Waals surface area (Å²) in [4.78, 5) is 0. The molecule has 0 fully saturated rings. The Labute approximate surface area is 123 Å². The molecule has 0 spiro atoms. The van der Waals surface area contributed by atoms with E-state index in [0.717, 1.165) is 0 Å². The second kappa shape index (κ2) is 5.95. The summed E-state index contributed by atoms with van der Waals surface area (Å²) in [5, 5.41) is 0.879. The number of benzene rings is 2. The summed E-state index contributed by atoms with van der Waals surface area (Å²) in [6, 6.07) is 9.44. The number of ether oxygens (including phenoxy) is 1. The molecular weight excluding hydrogens is 316 g/mol. The molecular formula is C13H7Cl3F2O. The van der Waals surface area contributed by atoms with Gasteiger partial charge < -0.3 is 4.74 Å². The minimum atomic E-state index is -2.96. The highest BCUT2D eigenvalue weighted by Gasteiger charge is 2.15. The van der Waals surface area contributed by atoms with E-state index in [1.165, 1.54) is 6.07 Å². The first-order chi connectivity index (χ1) is 8.97. The molecule has 0 aromatic heterocycles. The van der Waals surface area contributed by atoms with E-state index in [9.17, 15) is 8.78 Å². The third-order valence-corrected chi connectivity index (χ3v) is 3.08. The Hall–Kier alpha value is -1.03. The van der Waals surface area contributed by atoms with E-state index in [2.05, 4.69) is 4.74 Å². The smallest absolute Gasteiger partial charge is 0.387 e. The van der Waals surface area contributed by atoms with Gasteiger partial charge in [-0.05, 0) is 29.8 Å². The summed E-state index contributed by atoms with van der Waals surface area (Å²) in [5.41, 5.74) is 0.952. The molecule has 0 radical (unpaired) electrons. The van der Waals surface area contributed by atoms with Crippen LogP contribution >= 0.6 is 34.8 Å². The van der Waals surface area contributed by atoms with Gasteiger partial charge in [-0.1, -0.05) is 46.9 Å². The van der Waals surface area contributed by atoms with Gasteiger partial charge in [-0.25, -0.2) is 0 Å². The zero-order valence-corrected chi connectivity index (χ0v) is 11.6. The zero-order valence-electron chi connectivity index (χ0n) is 9.34. The Balaban J connectivity index is 2.57. The minimum absolute atomic E-state index is 0.0916. The van der Waals surface area contributed by atoms with E-state index >= 15 is 0 Å². The van der Waals surface area contributed by atoms with Crippen LogP contribution in [0.5, 0.6) is 5.75 Å². The molecule has 100 valence electrons. The lowest BCUT2D eigenvalue weighted by Gasteiger charge is -2.13. The molecule has 0 bridgehead atoms. The van der Waals surface area contributed by atoms with Crippen molar-refractivity contribution in [1.82, 2.24) is 0 Å². The van der Waals surface area contributed by atoms with Crippen LogP contribution in [-0.4, -0.2) is 6.61 Å². The zero-order chi connectivity index (χ0) is 14.0. The average Bonchev–Trinajstić information content (AvgIpc) is 2.30. The summed E-state index contributed by atoms with van der Waals surface area (Å²) in [6.07, 6.45) is 0. The van der Waals surface area contributed by atoms with Crippen molar-refractivity contribution in [2.45, 2.75) is 6.61 Å². The van der Waals surface area contributed by atoms with Gasteiger partial charge in [-0.3, -0.25) is 0 Å². The summed E-state index contributed by atoms with van der Waals surface area (Å²) in [7, 11) is 0. The Kier molecular flexibility index (Phi) is 4.50. The lowest BCUT2D eigenvalue weighted by molar-refractivity contribution is -0.0493. The first-order valence-corrected chi connectivity index (χ1v) is 6.30. The maximum absolute atomic E-state index is 12.4. The molecule has 0 N–H and O–H groups in total. The van der Waals surface area contributed by atoms with Crippen molar-refractivity contribution in [2.24, 2.45) is 0 Å². The third-order valence-electron chi connectivity index (χ3n) is 2.35. The van der Waals surface area contributed by atoms with Gasteiger partial charge in [0.1, 0.15) is 0 Å². The number of alkyl halides is 2. The molecule has 0 aliphatic carbocycles. The number of rotatable bonds is 3. The standard InChI is InChI=1S/C13H7Cl3F2O/c14-8-4-7(5-9(15)6-8)10-2-1-3-11(16)12(10)19-13(17)18/h1-6,13H. The molecule has 0 atom stereocenters. The van der Waals surface area contributed by atoms with E-state index in [1.807, 2.05) is 0 Å². The predicted molar refractivity (Wildman–Crippen MR) is 73.5 cm³/mol. The van der Waals surface area contributed by atoms with E-state index in [0.29, 0.717) is 21.2 Å². The molecule has 0 heterocycles. The van der Waals surface area contributed by atoms with Crippen LogP contribution in [0, 0.1) is 0 Å². The molecule has 0 saturated carbocycles. The van der Waals surface area contributed by atoms with Gasteiger partial charge in [-0.2, -0.15) is 8.78 Å². The fourth-order valence-corrected chi connectivity index (χ4v) is 2.40. The van der Waals surface area contributed by atoms with E-state index in [1.54, 1.807) is 30.3 Å². The highest BCUT2D eigenvalue weighted by atomic mass is 35.5. The van der Waals surface area contributed by atoms with Gasteiger partial charge in [-0.15, -0.1) is 0 Å². The SMILES string of the molecule is FC(F)Oc1c(Cl)cccc1-c1cc(Cl)cc(Cl)c1. The number of halogens is 5. The van der Waals surface area contributed by atoms with Crippen LogP contribution in [-0.2, 0) is 0 Å². The maximum atomic E-state index is 12.4. The molecule has 2 rings (SSSR count). The second-order valence-corrected chi connectivity index (χ2v) is 4.93. The molecule has 6 heteroatoms. The molecule has 0 saturated heterocycles. The summed E-state index contributed by atoms with van der Waals surface area (Å²) in [6.45, 7) is -2.96. The number of para-hydroxylation sites is 1. The van der Waals surface area contributed by atoms with Gasteiger partial charge >= 0.3 is 6.61 Å². The molecule has 0 unspecified atom stereocenters. The summed E-state index contributed by atoms with van der Waals surface area (Å²) in [5.74, 6) is -0.0995. The van der Waals surface area contributed by atoms with E-state index in [4.69, 9.17) is 34.8 Å². The van der Waals surface area contributed by atoms with Crippen LogP contribution in [0.25, 0.3) is 11.1 Å². The van der Waals surface area contributed by atoms with Crippen molar-refractivity contribution >= 4 is 34.8 Å². The summed E-state index contributed by atoms with van der Waals surface area (Å²) >= 11 is 17.7. The molecule has 2 aromatic carbocycles. The first-order valence-electron chi connectivity index (χ1n) is 5.17. The Morgan fingerprint density at radius 3 is 2.16 bits per heavy atom. The first kappa shape index (κ1) is 14.4. The largest absolute Gasteiger partial charge is 0.433 e. The third kappa shape index (κ3) is 3.50. The maximum Gasteiger partial charge on any atom is 0.387 e. The van der Waals surface area contributed by atoms with Crippen LogP contribution < -0.4 is 4.74 Å². The van der Waals surface area contributed by atoms with Crippen LogP contribution in [0.4, 0.5) is 8.78 Å². The molecule has 0 aliphatic heterocycles. The van der Waals surface area contributed by atoms with Gasteiger partial charge in [0.2, 0.25) is 0 Å². The van der Waals surface area contributed by atoms with Crippen molar-refractivity contribution in [3.05, 3.63) is 51.5 Å². The van der Waals surface area contributed by atoms with Gasteiger partial charge in [0.15, 0.2) is 5.75 Å². The molecule has 1 nitrogen and oxygen atoms in total. The van der Waals surface area contributed by atoms with Gasteiger partial charge in [0, 0.05) is 15.6 Å². The predicted octanol–water partition coefficient (Wildman–Crippen LogP) is 5.92. The van der Waals surface area contributed by atoms with E-state index < -0.39 is 6.61 Å². The highest BCUT2D eigenvalue weighted by Crippen LogP contribution is 2.38. The lowest BCUT2D eigenvalue weighted by Crippen LogP contribution is -2.03. The normalized spacial score (nSPS) is 10.8. The average molecular weight is 324 g/mol. The second-order valence-electron chi connectivity index (χ2n) is 3.65. The van der Waals surface area contributed by atoms with Crippen LogP contribution in [0.2, 0.25) is 15.1 Å². The van der Waals surface area contributed by atoms with Crippen LogP contribution in [0.3, 0.4) is 0 Å². The van der Waals surface area contributed by atoms with Crippen LogP contribution in [0.15, 0.2) is 36.4 Å². The fourth-order valence-electron chi connectivity index (χ4n) is 1.65. The quantitative estimate of drug-likeness (QED) is 0.681. The van der Waals surface area contributed by atoms with Gasteiger partial charge in [0.05, 0.1) is 5.02 Å². The minimum Gasteiger partial charge on any atom is -0.433 e. The monoisotopic (exact) mass is 322 g/mol. The van der Waals surface area contributed by atoms with Crippen molar-refractivity contribution in [3.63, 3.8) is 0 Å². The molecule has 19 heavy (non-hydrogen) atoms. The Bertz CT molecular complexity index is 582. The number of hydrogen-bond acceptors (Lipinski definition) is 1. The summed E-state index contributed by atoms with van der Waals surface area (Å²) < 4.78 is 29.3.